The molecule has 0 fully saturated rings. The van der Waals surface area contributed by atoms with Gasteiger partial charge in [-0.15, -0.1) is 0 Å². The van der Waals surface area contributed by atoms with Gasteiger partial charge in [0, 0.05) is 54.3 Å². The highest BCUT2D eigenvalue weighted by Crippen LogP contribution is 2.44. The topological polar surface area (TPSA) is 48.8 Å². The highest BCUT2D eigenvalue weighted by Gasteiger charge is 2.23. The Morgan fingerprint density at radius 3 is 1.83 bits per heavy atom. The smallest absolute Gasteiger partial charge is 0.235 e. The quantitative estimate of drug-likeness (QED) is 0.180. The first kappa shape index (κ1) is 32.1. The molecule has 59 heavy (non-hydrogen) atoms. The monoisotopic (exact) mass is 752 g/mol. The molecule has 0 atom stereocenters. The SMILES string of the molecule is c1ccc(-n2c3ccccc3c3cc(-c4cc5c6ccccc6n(-c6nc(-c7cccc8c7oc7ccccc78)c7ccccc7n6)c5c5ccccc45)ccc32)cc1. The molecule has 0 unspecified atom stereocenters. The molecular weight excluding hydrogens is 721 g/mol. The van der Waals surface area contributed by atoms with Crippen molar-refractivity contribution in [3.8, 4) is 34.0 Å². The fraction of sp³-hybridized carbons (Fsp3) is 0. The van der Waals surface area contributed by atoms with Crippen LogP contribution in [0.1, 0.15) is 0 Å². The number of aromatic nitrogens is 4. The zero-order chi connectivity index (χ0) is 38.6. The summed E-state index contributed by atoms with van der Waals surface area (Å²) in [5.41, 5.74) is 12.4. The van der Waals surface area contributed by atoms with Crippen molar-refractivity contribution < 1.29 is 4.42 Å². The molecule has 13 aromatic rings. The lowest BCUT2D eigenvalue weighted by molar-refractivity contribution is 0.670. The third kappa shape index (κ3) is 4.61. The first-order chi connectivity index (χ1) is 29.3. The summed E-state index contributed by atoms with van der Waals surface area (Å²) in [6, 6.07) is 69.0. The molecule has 0 saturated carbocycles. The van der Waals surface area contributed by atoms with Crippen LogP contribution in [0, 0.1) is 0 Å². The van der Waals surface area contributed by atoms with Crippen molar-refractivity contribution in [1.82, 2.24) is 19.1 Å². The molecule has 0 amide bonds. The van der Waals surface area contributed by atoms with Gasteiger partial charge in [-0.25, -0.2) is 9.97 Å². The minimum atomic E-state index is 0.617. The number of rotatable bonds is 4. The number of furan rings is 1. The summed E-state index contributed by atoms with van der Waals surface area (Å²) in [4.78, 5) is 10.8. The highest BCUT2D eigenvalue weighted by atomic mass is 16.3. The van der Waals surface area contributed by atoms with E-state index >= 15 is 0 Å². The number of para-hydroxylation sites is 6. The van der Waals surface area contributed by atoms with E-state index in [1.54, 1.807) is 0 Å². The lowest BCUT2D eigenvalue weighted by atomic mass is 9.94. The molecule has 274 valence electrons. The zero-order valence-electron chi connectivity index (χ0n) is 31.7. The minimum Gasteiger partial charge on any atom is -0.455 e. The van der Waals surface area contributed by atoms with Crippen LogP contribution in [0.15, 0.2) is 199 Å². The maximum absolute atomic E-state index is 6.58. The van der Waals surface area contributed by atoms with Gasteiger partial charge in [0.25, 0.3) is 0 Å². The molecule has 13 rings (SSSR count). The van der Waals surface area contributed by atoms with Crippen molar-refractivity contribution >= 4 is 87.2 Å². The van der Waals surface area contributed by atoms with Gasteiger partial charge < -0.3 is 8.98 Å². The summed E-state index contributed by atoms with van der Waals surface area (Å²) >= 11 is 0. The average Bonchev–Trinajstić information content (AvgIpc) is 3.96. The van der Waals surface area contributed by atoms with E-state index in [9.17, 15) is 0 Å². The molecule has 5 heteroatoms. The van der Waals surface area contributed by atoms with Gasteiger partial charge in [-0.3, -0.25) is 4.57 Å². The molecule has 9 aromatic carbocycles. The Kier molecular flexibility index (Phi) is 6.66. The molecule has 0 aliphatic rings. The second kappa shape index (κ2) is 12.2. The number of hydrogen-bond donors (Lipinski definition) is 0. The summed E-state index contributed by atoms with van der Waals surface area (Å²) < 4.78 is 11.2. The van der Waals surface area contributed by atoms with Crippen LogP contribution in [0.3, 0.4) is 0 Å². The van der Waals surface area contributed by atoms with Gasteiger partial charge >= 0.3 is 0 Å². The third-order valence-electron chi connectivity index (χ3n) is 12.1. The van der Waals surface area contributed by atoms with E-state index in [0.717, 1.165) is 77.0 Å². The maximum atomic E-state index is 6.58. The van der Waals surface area contributed by atoms with Crippen LogP contribution in [-0.4, -0.2) is 19.1 Å². The molecule has 0 radical (unpaired) electrons. The molecule has 0 aliphatic heterocycles. The predicted octanol–water partition coefficient (Wildman–Crippen LogP) is 14.2. The van der Waals surface area contributed by atoms with Gasteiger partial charge in [0.05, 0.1) is 33.3 Å². The van der Waals surface area contributed by atoms with Crippen molar-refractivity contribution in [2.75, 3.05) is 0 Å². The maximum Gasteiger partial charge on any atom is 0.235 e. The van der Waals surface area contributed by atoms with Gasteiger partial charge in [-0.2, -0.15) is 0 Å². The van der Waals surface area contributed by atoms with Crippen molar-refractivity contribution in [1.29, 1.82) is 0 Å². The molecule has 5 nitrogen and oxygen atoms in total. The zero-order valence-corrected chi connectivity index (χ0v) is 31.7. The standard InChI is InChI=1S/C54H32N4O/c1-2-15-34(16-3-1)57-47-26-11-7-18-36(47)44-31-33(29-30-49(44)57)43-32-45-37-19-8-12-27-48(37)58(52(45)39-21-5-4-17-35(39)43)54-55-46-25-10-6-22-41(46)51(56-54)42-24-14-23-40-38-20-9-13-28-50(38)59-53(40)42/h1-32H. The van der Waals surface area contributed by atoms with Crippen LogP contribution in [0.2, 0.25) is 0 Å². The largest absolute Gasteiger partial charge is 0.455 e. The Morgan fingerprint density at radius 2 is 1.00 bits per heavy atom. The molecule has 0 aliphatic carbocycles. The lowest BCUT2D eigenvalue weighted by Crippen LogP contribution is -2.04. The van der Waals surface area contributed by atoms with Gasteiger partial charge in [-0.1, -0.05) is 133 Å². The summed E-state index contributed by atoms with van der Waals surface area (Å²) in [6.07, 6.45) is 0. The van der Waals surface area contributed by atoms with Crippen LogP contribution in [0.5, 0.6) is 0 Å². The first-order valence-corrected chi connectivity index (χ1v) is 20.0. The number of nitrogens with zero attached hydrogens (tertiary/aromatic N) is 4. The Morgan fingerprint density at radius 1 is 0.373 bits per heavy atom. The second-order valence-electron chi connectivity index (χ2n) is 15.3. The van der Waals surface area contributed by atoms with E-state index in [1.807, 2.05) is 18.2 Å². The van der Waals surface area contributed by atoms with E-state index < -0.39 is 0 Å². The van der Waals surface area contributed by atoms with Crippen LogP contribution >= 0.6 is 0 Å². The molecule has 4 aromatic heterocycles. The van der Waals surface area contributed by atoms with Gasteiger partial charge in [0.2, 0.25) is 5.95 Å². The third-order valence-corrected chi connectivity index (χ3v) is 12.1. The van der Waals surface area contributed by atoms with Crippen LogP contribution in [-0.2, 0) is 0 Å². The van der Waals surface area contributed by atoms with E-state index in [0.29, 0.717) is 5.95 Å². The molecule has 4 heterocycles. The number of benzene rings is 9. The van der Waals surface area contributed by atoms with Crippen LogP contribution < -0.4 is 0 Å². The predicted molar refractivity (Wildman–Crippen MR) is 244 cm³/mol. The Balaban J connectivity index is 1.09. The lowest BCUT2D eigenvalue weighted by Gasteiger charge is -2.14. The average molecular weight is 753 g/mol. The molecule has 0 saturated heterocycles. The highest BCUT2D eigenvalue weighted by molar-refractivity contribution is 6.23. The molecule has 0 spiro atoms. The summed E-state index contributed by atoms with van der Waals surface area (Å²) in [5.74, 6) is 0.617. The molecule has 0 N–H and O–H groups in total. The van der Waals surface area contributed by atoms with Crippen LogP contribution in [0.25, 0.3) is 121 Å². The van der Waals surface area contributed by atoms with Crippen molar-refractivity contribution in [3.63, 3.8) is 0 Å². The minimum absolute atomic E-state index is 0.617. The Hall–Kier alpha value is -8.02. The van der Waals surface area contributed by atoms with E-state index in [1.165, 1.54) is 38.3 Å². The van der Waals surface area contributed by atoms with E-state index in [2.05, 4.69) is 185 Å². The van der Waals surface area contributed by atoms with Crippen molar-refractivity contribution in [3.05, 3.63) is 194 Å². The van der Waals surface area contributed by atoms with E-state index in [4.69, 9.17) is 14.4 Å². The number of hydrogen-bond acceptors (Lipinski definition) is 3. The fourth-order valence-electron chi connectivity index (χ4n) is 9.57. The summed E-state index contributed by atoms with van der Waals surface area (Å²) in [6.45, 7) is 0. The van der Waals surface area contributed by atoms with Gasteiger partial charge in [0.15, 0.2) is 0 Å². The summed E-state index contributed by atoms with van der Waals surface area (Å²) in [7, 11) is 0. The van der Waals surface area contributed by atoms with Crippen molar-refractivity contribution in [2.24, 2.45) is 0 Å². The van der Waals surface area contributed by atoms with Gasteiger partial charge in [0.1, 0.15) is 11.2 Å². The van der Waals surface area contributed by atoms with Gasteiger partial charge in [-0.05, 0) is 77.2 Å². The fourth-order valence-corrected chi connectivity index (χ4v) is 9.57. The molecule has 0 bridgehead atoms. The number of fused-ring (bicyclic) bond motifs is 12. The molecular formula is C54H32N4O. The normalized spacial score (nSPS) is 12.1. The summed E-state index contributed by atoms with van der Waals surface area (Å²) in [5, 5.41) is 10.2. The first-order valence-electron chi connectivity index (χ1n) is 20.0. The second-order valence-corrected chi connectivity index (χ2v) is 15.3. The van der Waals surface area contributed by atoms with Crippen molar-refractivity contribution in [2.45, 2.75) is 0 Å². The van der Waals surface area contributed by atoms with E-state index in [-0.39, 0.29) is 0 Å². The Labute approximate surface area is 337 Å². The van der Waals surface area contributed by atoms with Crippen LogP contribution in [0.4, 0.5) is 0 Å². The Bertz CT molecular complexity index is 3850.